The Morgan fingerprint density at radius 1 is 1.48 bits per heavy atom. The van der Waals surface area contributed by atoms with E-state index in [-0.39, 0.29) is 12.5 Å². The van der Waals surface area contributed by atoms with E-state index in [1.165, 1.54) is 18.6 Å². The molecule has 0 atom stereocenters. The molecule has 0 radical (unpaired) electrons. The van der Waals surface area contributed by atoms with Gasteiger partial charge < -0.3 is 10.0 Å². The minimum Gasteiger partial charge on any atom is -0.395 e. The Hall–Kier alpha value is -2.23. The van der Waals surface area contributed by atoms with Gasteiger partial charge in [-0.1, -0.05) is 11.8 Å². The number of carbonyl (C=O) groups is 1. The second-order valence-electron chi connectivity index (χ2n) is 4.33. The van der Waals surface area contributed by atoms with Gasteiger partial charge in [0.25, 0.3) is 5.91 Å². The van der Waals surface area contributed by atoms with Gasteiger partial charge in [0, 0.05) is 41.7 Å². The summed E-state index contributed by atoms with van der Waals surface area (Å²) in [6, 6.07) is 1.95. The fourth-order valence-corrected chi connectivity index (χ4v) is 2.53. The zero-order valence-electron chi connectivity index (χ0n) is 11.6. The molecule has 1 N–H and O–H groups in total. The van der Waals surface area contributed by atoms with Gasteiger partial charge in [-0.2, -0.15) is 0 Å². The lowest BCUT2D eigenvalue weighted by atomic mass is 10.3. The van der Waals surface area contributed by atoms with E-state index in [9.17, 15) is 4.79 Å². The van der Waals surface area contributed by atoms with Crippen LogP contribution in [0.1, 0.15) is 27.3 Å². The summed E-state index contributed by atoms with van der Waals surface area (Å²) in [5.41, 5.74) is 1.24. The Balaban J connectivity index is 1.99. The second kappa shape index (κ2) is 7.53. The molecular formula is C15H15N3O2S. The predicted molar refractivity (Wildman–Crippen MR) is 80.7 cm³/mol. The Labute approximate surface area is 127 Å². The van der Waals surface area contributed by atoms with E-state index >= 15 is 0 Å². The highest BCUT2D eigenvalue weighted by molar-refractivity contribution is 7.10. The average molecular weight is 301 g/mol. The van der Waals surface area contributed by atoms with Crippen LogP contribution in [0.15, 0.2) is 30.0 Å². The molecule has 21 heavy (non-hydrogen) atoms. The molecule has 2 aromatic heterocycles. The minimum atomic E-state index is -0.163. The normalized spacial score (nSPS) is 9.81. The molecule has 5 nitrogen and oxygen atoms in total. The Bertz CT molecular complexity index is 658. The van der Waals surface area contributed by atoms with Crippen molar-refractivity contribution in [2.24, 2.45) is 0 Å². The maximum atomic E-state index is 12.1. The number of aromatic nitrogens is 2. The third-order valence-corrected chi connectivity index (χ3v) is 3.57. The quantitative estimate of drug-likeness (QED) is 0.870. The zero-order chi connectivity index (χ0) is 15.1. The molecule has 108 valence electrons. The van der Waals surface area contributed by atoms with Crippen LogP contribution >= 0.6 is 11.3 Å². The zero-order valence-corrected chi connectivity index (χ0v) is 12.4. The number of aliphatic hydroxyl groups is 1. The van der Waals surface area contributed by atoms with Gasteiger partial charge in [-0.15, -0.1) is 11.3 Å². The molecule has 1 amide bonds. The summed E-state index contributed by atoms with van der Waals surface area (Å²) in [5, 5.41) is 10.6. The number of rotatable bonds is 4. The Morgan fingerprint density at radius 2 is 2.33 bits per heavy atom. The summed E-state index contributed by atoms with van der Waals surface area (Å²) in [7, 11) is 1.73. The average Bonchev–Trinajstić information content (AvgIpc) is 2.95. The number of amides is 1. The molecule has 0 spiro atoms. The number of nitrogens with zero attached hydrogens (tertiary/aromatic N) is 3. The lowest BCUT2D eigenvalue weighted by Gasteiger charge is -2.15. The Morgan fingerprint density at radius 3 is 3.05 bits per heavy atom. The van der Waals surface area contributed by atoms with Gasteiger partial charge in [0.1, 0.15) is 5.69 Å². The summed E-state index contributed by atoms with van der Waals surface area (Å²) in [6.45, 7) is 0.571. The smallest absolute Gasteiger partial charge is 0.274 e. The monoisotopic (exact) mass is 301 g/mol. The van der Waals surface area contributed by atoms with Gasteiger partial charge in [0.15, 0.2) is 0 Å². The summed E-state index contributed by atoms with van der Waals surface area (Å²) >= 11 is 1.55. The topological polar surface area (TPSA) is 66.3 Å². The van der Waals surface area contributed by atoms with Crippen LogP contribution in [0.3, 0.4) is 0 Å². The van der Waals surface area contributed by atoms with E-state index in [0.29, 0.717) is 18.7 Å². The van der Waals surface area contributed by atoms with Crippen LogP contribution in [0.2, 0.25) is 0 Å². The third kappa shape index (κ3) is 4.38. The van der Waals surface area contributed by atoms with Crippen LogP contribution in [0.4, 0.5) is 0 Å². The molecule has 0 aromatic carbocycles. The molecule has 6 heteroatoms. The van der Waals surface area contributed by atoms with Crippen LogP contribution in [-0.2, 0) is 6.54 Å². The minimum absolute atomic E-state index is 0.0688. The van der Waals surface area contributed by atoms with Gasteiger partial charge in [-0.3, -0.25) is 9.78 Å². The lowest BCUT2D eigenvalue weighted by Crippen LogP contribution is -2.26. The fraction of sp³-hybridized carbons (Fsp3) is 0.267. The molecular weight excluding hydrogens is 286 g/mol. The first-order chi connectivity index (χ1) is 10.2. The van der Waals surface area contributed by atoms with Crippen molar-refractivity contribution in [2.75, 3.05) is 13.7 Å². The first kappa shape index (κ1) is 15.2. The first-order valence-corrected chi connectivity index (χ1v) is 7.27. The lowest BCUT2D eigenvalue weighted by molar-refractivity contribution is 0.0780. The predicted octanol–water partition coefficient (Wildman–Crippen LogP) is 1.54. The number of thiophene rings is 1. The third-order valence-electron chi connectivity index (χ3n) is 2.65. The van der Waals surface area contributed by atoms with Crippen LogP contribution < -0.4 is 0 Å². The van der Waals surface area contributed by atoms with Crippen molar-refractivity contribution in [3.63, 3.8) is 0 Å². The molecule has 2 rings (SSSR count). The summed E-state index contributed by atoms with van der Waals surface area (Å²) in [5.74, 6) is 5.69. The molecule has 0 aliphatic carbocycles. The maximum Gasteiger partial charge on any atom is 0.274 e. The molecule has 0 aliphatic rings. The van der Waals surface area contributed by atoms with E-state index in [1.54, 1.807) is 23.3 Å². The van der Waals surface area contributed by atoms with Gasteiger partial charge in [0.05, 0.1) is 19.3 Å². The molecule has 0 unspecified atom stereocenters. The van der Waals surface area contributed by atoms with E-state index in [4.69, 9.17) is 5.11 Å². The van der Waals surface area contributed by atoms with Crippen molar-refractivity contribution >= 4 is 17.2 Å². The molecule has 0 aliphatic heterocycles. The SMILES string of the molecule is CN(Cc1cc(C#CCCO)cs1)C(=O)c1cnccn1. The van der Waals surface area contributed by atoms with Crippen molar-refractivity contribution in [1.29, 1.82) is 0 Å². The highest BCUT2D eigenvalue weighted by Crippen LogP contribution is 2.16. The number of hydrogen-bond donors (Lipinski definition) is 1. The molecule has 0 saturated carbocycles. The standard InChI is InChI=1S/C15H15N3O2S/c1-18(15(20)14-9-16-5-6-17-14)10-13-8-12(11-21-13)4-2-3-7-19/h5-6,8-9,11,19H,3,7,10H2,1H3. The van der Waals surface area contributed by atoms with Crippen molar-refractivity contribution in [3.05, 3.63) is 46.2 Å². The molecule has 2 aromatic rings. The number of aliphatic hydroxyl groups excluding tert-OH is 1. The fourth-order valence-electron chi connectivity index (χ4n) is 1.66. The van der Waals surface area contributed by atoms with Crippen molar-refractivity contribution in [3.8, 4) is 11.8 Å². The van der Waals surface area contributed by atoms with Crippen LogP contribution in [-0.4, -0.2) is 39.5 Å². The van der Waals surface area contributed by atoms with E-state index in [1.807, 2.05) is 11.4 Å². The van der Waals surface area contributed by atoms with Gasteiger partial charge in [-0.25, -0.2) is 4.98 Å². The van der Waals surface area contributed by atoms with Crippen molar-refractivity contribution in [1.82, 2.24) is 14.9 Å². The van der Waals surface area contributed by atoms with Crippen molar-refractivity contribution < 1.29 is 9.90 Å². The van der Waals surface area contributed by atoms with Crippen LogP contribution in [0, 0.1) is 11.8 Å². The maximum absolute atomic E-state index is 12.1. The number of hydrogen-bond acceptors (Lipinski definition) is 5. The van der Waals surface area contributed by atoms with Gasteiger partial charge >= 0.3 is 0 Å². The highest BCUT2D eigenvalue weighted by atomic mass is 32.1. The van der Waals surface area contributed by atoms with E-state index < -0.39 is 0 Å². The van der Waals surface area contributed by atoms with Gasteiger partial charge in [0.2, 0.25) is 0 Å². The highest BCUT2D eigenvalue weighted by Gasteiger charge is 2.14. The van der Waals surface area contributed by atoms with Crippen molar-refractivity contribution in [2.45, 2.75) is 13.0 Å². The Kier molecular flexibility index (Phi) is 5.43. The summed E-state index contributed by atoms with van der Waals surface area (Å²) in [6.07, 6.45) is 4.96. The first-order valence-electron chi connectivity index (χ1n) is 6.39. The van der Waals surface area contributed by atoms with E-state index in [2.05, 4.69) is 21.8 Å². The van der Waals surface area contributed by atoms with Crippen LogP contribution in [0.5, 0.6) is 0 Å². The largest absolute Gasteiger partial charge is 0.395 e. The molecule has 0 saturated heterocycles. The number of carbonyl (C=O) groups excluding carboxylic acids is 1. The molecule has 0 bridgehead atoms. The van der Waals surface area contributed by atoms with Gasteiger partial charge in [-0.05, 0) is 6.07 Å². The molecule has 2 heterocycles. The summed E-state index contributed by atoms with van der Waals surface area (Å²) < 4.78 is 0. The van der Waals surface area contributed by atoms with E-state index in [0.717, 1.165) is 10.4 Å². The summed E-state index contributed by atoms with van der Waals surface area (Å²) in [4.78, 5) is 22.7. The van der Waals surface area contributed by atoms with Crippen LogP contribution in [0.25, 0.3) is 0 Å². The second-order valence-corrected chi connectivity index (χ2v) is 5.32. The molecule has 0 fully saturated rings.